The number of aliphatic hydroxyl groups excluding tert-OH is 1. The molecule has 3 rings (SSSR count). The topological polar surface area (TPSA) is 67.2 Å². The average molecular weight is 327 g/mol. The van der Waals surface area contributed by atoms with Crippen LogP contribution in [0.4, 0.5) is 0 Å². The zero-order valence-corrected chi connectivity index (χ0v) is 14.2. The number of rotatable bonds is 6. The minimum absolute atomic E-state index is 0.0165. The molecule has 0 saturated carbocycles. The van der Waals surface area contributed by atoms with Gasteiger partial charge < -0.3 is 10.4 Å². The average Bonchev–Trinajstić information content (AvgIpc) is 3.01. The van der Waals surface area contributed by atoms with Crippen molar-refractivity contribution in [1.29, 1.82) is 0 Å². The highest BCUT2D eigenvalue weighted by Gasteiger charge is 2.14. The van der Waals surface area contributed by atoms with Gasteiger partial charge in [0.2, 0.25) is 5.91 Å². The number of amides is 1. The quantitative estimate of drug-likeness (QED) is 0.854. The van der Waals surface area contributed by atoms with Crippen LogP contribution in [0.25, 0.3) is 0 Å². The van der Waals surface area contributed by atoms with E-state index in [2.05, 4.69) is 28.6 Å². The molecule has 0 radical (unpaired) electrons. The Morgan fingerprint density at radius 1 is 1.33 bits per heavy atom. The maximum atomic E-state index is 12.2. The Morgan fingerprint density at radius 2 is 2.12 bits per heavy atom. The summed E-state index contributed by atoms with van der Waals surface area (Å²) in [6, 6.07) is 6.56. The van der Waals surface area contributed by atoms with Crippen molar-refractivity contribution in [3.05, 3.63) is 52.8 Å². The molecule has 24 heavy (non-hydrogen) atoms. The number of aliphatic hydroxyl groups is 1. The van der Waals surface area contributed by atoms with Crippen LogP contribution in [0.1, 0.15) is 48.1 Å². The van der Waals surface area contributed by atoms with Crippen LogP contribution >= 0.6 is 0 Å². The summed E-state index contributed by atoms with van der Waals surface area (Å²) in [6.45, 7) is 2.30. The molecule has 0 unspecified atom stereocenters. The number of aryl methyl sites for hydroxylation is 2. The lowest BCUT2D eigenvalue weighted by Crippen LogP contribution is -2.30. The molecule has 5 heteroatoms. The zero-order valence-electron chi connectivity index (χ0n) is 14.2. The molecule has 0 fully saturated rings. The molecule has 5 nitrogen and oxygen atoms in total. The maximum Gasteiger partial charge on any atom is 0.242 e. The van der Waals surface area contributed by atoms with Gasteiger partial charge in [0.1, 0.15) is 6.54 Å². The first-order valence-corrected chi connectivity index (χ1v) is 8.69. The van der Waals surface area contributed by atoms with Gasteiger partial charge in [-0.3, -0.25) is 9.48 Å². The van der Waals surface area contributed by atoms with Crippen molar-refractivity contribution in [3.63, 3.8) is 0 Å². The third-order valence-corrected chi connectivity index (χ3v) is 4.64. The Labute approximate surface area is 142 Å². The van der Waals surface area contributed by atoms with Crippen LogP contribution in [-0.4, -0.2) is 27.4 Å². The SMILES string of the molecule is C[C@H](NC(=O)Cn1cc(CCO)cn1)c1ccc2c(c1)CCCC2. The van der Waals surface area contributed by atoms with Crippen molar-refractivity contribution < 1.29 is 9.90 Å². The van der Waals surface area contributed by atoms with Crippen LogP contribution < -0.4 is 5.32 Å². The van der Waals surface area contributed by atoms with Crippen molar-refractivity contribution in [3.8, 4) is 0 Å². The van der Waals surface area contributed by atoms with Gasteiger partial charge in [0.15, 0.2) is 0 Å². The Kier molecular flexibility index (Phi) is 5.30. The molecule has 1 aliphatic rings. The fraction of sp³-hybridized carbons (Fsp3) is 0.474. The van der Waals surface area contributed by atoms with Crippen LogP contribution in [0.15, 0.2) is 30.6 Å². The van der Waals surface area contributed by atoms with E-state index in [1.807, 2.05) is 6.92 Å². The first-order chi connectivity index (χ1) is 11.7. The number of aromatic nitrogens is 2. The second-order valence-electron chi connectivity index (χ2n) is 6.54. The van der Waals surface area contributed by atoms with Crippen LogP contribution in [0, 0.1) is 0 Å². The molecule has 1 amide bonds. The molecule has 1 heterocycles. The summed E-state index contributed by atoms with van der Waals surface area (Å²) in [5.74, 6) is -0.0566. The number of carbonyl (C=O) groups excluding carboxylic acids is 1. The molecule has 1 aromatic carbocycles. The van der Waals surface area contributed by atoms with E-state index in [1.165, 1.54) is 30.4 Å². The van der Waals surface area contributed by atoms with E-state index in [4.69, 9.17) is 5.11 Å². The number of nitrogens with zero attached hydrogens (tertiary/aromatic N) is 2. The van der Waals surface area contributed by atoms with Crippen molar-refractivity contribution in [2.75, 3.05) is 6.61 Å². The van der Waals surface area contributed by atoms with Crippen LogP contribution in [0.5, 0.6) is 0 Å². The van der Waals surface area contributed by atoms with E-state index >= 15 is 0 Å². The molecule has 0 saturated heterocycles. The van der Waals surface area contributed by atoms with Crippen molar-refractivity contribution >= 4 is 5.91 Å². The first kappa shape index (κ1) is 16.7. The standard InChI is InChI=1S/C19H25N3O2/c1-14(17-7-6-16-4-2-3-5-18(16)10-17)21-19(24)13-22-12-15(8-9-23)11-20-22/h6-7,10-12,14,23H,2-5,8-9,13H2,1H3,(H,21,24)/t14-/m0/s1. The van der Waals surface area contributed by atoms with Gasteiger partial charge in [-0.25, -0.2) is 0 Å². The van der Waals surface area contributed by atoms with Gasteiger partial charge in [-0.15, -0.1) is 0 Å². The summed E-state index contributed by atoms with van der Waals surface area (Å²) in [5, 5.41) is 16.1. The zero-order chi connectivity index (χ0) is 16.9. The minimum atomic E-state index is -0.0566. The van der Waals surface area contributed by atoms with E-state index < -0.39 is 0 Å². The van der Waals surface area contributed by atoms with Gasteiger partial charge in [-0.2, -0.15) is 5.10 Å². The lowest BCUT2D eigenvalue weighted by atomic mass is 9.89. The Hall–Kier alpha value is -2.14. The van der Waals surface area contributed by atoms with Crippen molar-refractivity contribution in [1.82, 2.24) is 15.1 Å². The highest BCUT2D eigenvalue weighted by molar-refractivity contribution is 5.76. The number of hydrogen-bond donors (Lipinski definition) is 2. The van der Waals surface area contributed by atoms with Gasteiger partial charge in [-0.05, 0) is 61.3 Å². The number of nitrogens with one attached hydrogen (secondary N) is 1. The lowest BCUT2D eigenvalue weighted by molar-refractivity contribution is -0.122. The minimum Gasteiger partial charge on any atom is -0.396 e. The highest BCUT2D eigenvalue weighted by Crippen LogP contribution is 2.24. The second-order valence-corrected chi connectivity index (χ2v) is 6.54. The summed E-state index contributed by atoms with van der Waals surface area (Å²) in [6.07, 6.45) is 8.91. The van der Waals surface area contributed by atoms with Crippen LogP contribution in [0.3, 0.4) is 0 Å². The number of benzene rings is 1. The Balaban J connectivity index is 1.59. The van der Waals surface area contributed by atoms with E-state index in [1.54, 1.807) is 17.1 Å². The fourth-order valence-electron chi connectivity index (χ4n) is 3.29. The van der Waals surface area contributed by atoms with Crippen molar-refractivity contribution in [2.24, 2.45) is 0 Å². The van der Waals surface area contributed by atoms with Gasteiger partial charge in [0.05, 0.1) is 12.2 Å². The lowest BCUT2D eigenvalue weighted by Gasteiger charge is -2.20. The van der Waals surface area contributed by atoms with E-state index in [0.29, 0.717) is 6.42 Å². The predicted molar refractivity (Wildman–Crippen MR) is 92.7 cm³/mol. The normalized spacial score (nSPS) is 14.9. The number of carbonyl (C=O) groups is 1. The molecular formula is C19H25N3O2. The predicted octanol–water partition coefficient (Wildman–Crippen LogP) is 2.17. The summed E-state index contributed by atoms with van der Waals surface area (Å²) in [7, 11) is 0. The molecule has 1 aliphatic carbocycles. The van der Waals surface area contributed by atoms with E-state index in [0.717, 1.165) is 17.5 Å². The van der Waals surface area contributed by atoms with Gasteiger partial charge in [-0.1, -0.05) is 18.2 Å². The van der Waals surface area contributed by atoms with Gasteiger partial charge >= 0.3 is 0 Å². The monoisotopic (exact) mass is 327 g/mol. The molecule has 1 atom stereocenters. The first-order valence-electron chi connectivity index (χ1n) is 8.69. The Morgan fingerprint density at radius 3 is 2.92 bits per heavy atom. The largest absolute Gasteiger partial charge is 0.396 e. The number of fused-ring (bicyclic) bond motifs is 1. The molecule has 2 aromatic rings. The summed E-state index contributed by atoms with van der Waals surface area (Å²) in [4.78, 5) is 12.2. The molecule has 0 bridgehead atoms. The second kappa shape index (κ2) is 7.62. The third-order valence-electron chi connectivity index (χ3n) is 4.64. The van der Waals surface area contributed by atoms with Crippen LogP contribution in [-0.2, 0) is 30.6 Å². The summed E-state index contributed by atoms with van der Waals surface area (Å²) >= 11 is 0. The maximum absolute atomic E-state index is 12.2. The summed E-state index contributed by atoms with van der Waals surface area (Å²) < 4.78 is 1.61. The molecule has 0 aliphatic heterocycles. The van der Waals surface area contributed by atoms with Gasteiger partial charge in [0.25, 0.3) is 0 Å². The fourth-order valence-corrected chi connectivity index (χ4v) is 3.29. The molecule has 2 N–H and O–H groups in total. The Bertz CT molecular complexity index is 708. The van der Waals surface area contributed by atoms with E-state index in [-0.39, 0.29) is 25.1 Å². The molecular weight excluding hydrogens is 302 g/mol. The smallest absolute Gasteiger partial charge is 0.242 e. The van der Waals surface area contributed by atoms with E-state index in [9.17, 15) is 4.79 Å². The summed E-state index contributed by atoms with van der Waals surface area (Å²) in [5.41, 5.74) is 4.98. The van der Waals surface area contributed by atoms with Crippen LogP contribution in [0.2, 0.25) is 0 Å². The van der Waals surface area contributed by atoms with Gasteiger partial charge in [0, 0.05) is 12.8 Å². The van der Waals surface area contributed by atoms with Crippen molar-refractivity contribution in [2.45, 2.75) is 51.6 Å². The molecule has 0 spiro atoms. The highest BCUT2D eigenvalue weighted by atomic mass is 16.3. The third kappa shape index (κ3) is 4.03. The number of hydrogen-bond acceptors (Lipinski definition) is 3. The molecule has 128 valence electrons. The molecule has 1 aromatic heterocycles.